The van der Waals surface area contributed by atoms with Crippen LogP contribution < -0.4 is 10.1 Å². The molecule has 7 heteroatoms. The maximum atomic E-state index is 12.4. The van der Waals surface area contributed by atoms with Gasteiger partial charge in [-0.25, -0.2) is 4.98 Å². The third-order valence-electron chi connectivity index (χ3n) is 2.68. The number of halogens is 3. The molecule has 0 aliphatic carbocycles. The van der Waals surface area contributed by atoms with Crippen molar-refractivity contribution in [3.05, 3.63) is 53.7 Å². The van der Waals surface area contributed by atoms with Crippen LogP contribution >= 0.6 is 0 Å². The second kappa shape index (κ2) is 5.82. The minimum absolute atomic E-state index is 0.267. The van der Waals surface area contributed by atoms with Crippen LogP contribution in [0.2, 0.25) is 0 Å². The SMILES string of the molecule is COc1cc(C(=O)Nc2ccc(C(F)(F)F)cc2)ccn1. The van der Waals surface area contributed by atoms with Crippen LogP contribution in [0.5, 0.6) is 5.88 Å². The third-order valence-corrected chi connectivity index (χ3v) is 2.68. The summed E-state index contributed by atoms with van der Waals surface area (Å²) in [4.78, 5) is 15.8. The Kier molecular flexibility index (Phi) is 4.11. The lowest BCUT2D eigenvalue weighted by atomic mass is 10.2. The number of benzene rings is 1. The predicted molar refractivity (Wildman–Crippen MR) is 70.2 cm³/mol. The molecule has 1 N–H and O–H groups in total. The number of ether oxygens (including phenoxy) is 1. The van der Waals surface area contributed by atoms with Crippen LogP contribution in [0.3, 0.4) is 0 Å². The second-order valence-electron chi connectivity index (χ2n) is 4.12. The number of aromatic nitrogens is 1. The van der Waals surface area contributed by atoms with Crippen molar-refractivity contribution in [1.82, 2.24) is 4.98 Å². The maximum Gasteiger partial charge on any atom is 0.416 e. The van der Waals surface area contributed by atoms with Crippen LogP contribution in [0, 0.1) is 0 Å². The fourth-order valence-corrected chi connectivity index (χ4v) is 1.61. The van der Waals surface area contributed by atoms with E-state index in [-0.39, 0.29) is 11.6 Å². The summed E-state index contributed by atoms with van der Waals surface area (Å²) in [7, 11) is 1.42. The molecule has 4 nitrogen and oxygen atoms in total. The minimum atomic E-state index is -4.40. The number of carbonyl (C=O) groups is 1. The first-order valence-corrected chi connectivity index (χ1v) is 5.89. The maximum absolute atomic E-state index is 12.4. The number of methoxy groups -OCH3 is 1. The zero-order valence-corrected chi connectivity index (χ0v) is 10.9. The first kappa shape index (κ1) is 14.8. The molecule has 0 unspecified atom stereocenters. The molecule has 0 atom stereocenters. The number of pyridine rings is 1. The summed E-state index contributed by atoms with van der Waals surface area (Å²) >= 11 is 0. The highest BCUT2D eigenvalue weighted by atomic mass is 19.4. The second-order valence-corrected chi connectivity index (χ2v) is 4.12. The molecule has 0 saturated carbocycles. The van der Waals surface area contributed by atoms with Crippen molar-refractivity contribution in [2.24, 2.45) is 0 Å². The zero-order chi connectivity index (χ0) is 15.5. The molecule has 2 aromatic rings. The first-order valence-electron chi connectivity index (χ1n) is 5.89. The van der Waals surface area contributed by atoms with Gasteiger partial charge in [-0.2, -0.15) is 13.2 Å². The zero-order valence-electron chi connectivity index (χ0n) is 10.9. The molecule has 1 amide bonds. The van der Waals surface area contributed by atoms with Crippen molar-refractivity contribution in [3.8, 4) is 5.88 Å². The van der Waals surface area contributed by atoms with Crippen molar-refractivity contribution in [3.63, 3.8) is 0 Å². The highest BCUT2D eigenvalue weighted by Crippen LogP contribution is 2.29. The van der Waals surface area contributed by atoms with Crippen molar-refractivity contribution in [2.45, 2.75) is 6.18 Å². The Hall–Kier alpha value is -2.57. The number of alkyl halides is 3. The molecule has 2 rings (SSSR count). The van der Waals surface area contributed by atoms with Gasteiger partial charge in [0, 0.05) is 23.5 Å². The molecule has 0 aliphatic heterocycles. The van der Waals surface area contributed by atoms with Gasteiger partial charge in [0.25, 0.3) is 5.91 Å². The lowest BCUT2D eigenvalue weighted by Crippen LogP contribution is -2.12. The highest BCUT2D eigenvalue weighted by Gasteiger charge is 2.29. The number of amides is 1. The number of nitrogens with zero attached hydrogens (tertiary/aromatic N) is 1. The molecule has 1 aromatic heterocycles. The van der Waals surface area contributed by atoms with Crippen LogP contribution in [-0.4, -0.2) is 18.0 Å². The van der Waals surface area contributed by atoms with Gasteiger partial charge in [-0.05, 0) is 30.3 Å². The molecule has 1 aromatic carbocycles. The smallest absolute Gasteiger partial charge is 0.416 e. The number of nitrogens with one attached hydrogen (secondary N) is 1. The van der Waals surface area contributed by atoms with Gasteiger partial charge in [-0.3, -0.25) is 4.79 Å². The predicted octanol–water partition coefficient (Wildman–Crippen LogP) is 3.36. The van der Waals surface area contributed by atoms with Crippen LogP contribution in [0.1, 0.15) is 15.9 Å². The molecule has 0 fully saturated rings. The molecule has 0 aliphatic rings. The Balaban J connectivity index is 2.12. The van der Waals surface area contributed by atoms with E-state index in [2.05, 4.69) is 10.3 Å². The van der Waals surface area contributed by atoms with Crippen molar-refractivity contribution < 1.29 is 22.7 Å². The lowest BCUT2D eigenvalue weighted by Gasteiger charge is -2.09. The molecule has 0 saturated heterocycles. The number of hydrogen-bond acceptors (Lipinski definition) is 3. The monoisotopic (exact) mass is 296 g/mol. The van der Waals surface area contributed by atoms with E-state index in [1.807, 2.05) is 0 Å². The summed E-state index contributed by atoms with van der Waals surface area (Å²) in [5, 5.41) is 2.50. The van der Waals surface area contributed by atoms with Gasteiger partial charge in [-0.1, -0.05) is 0 Å². The first-order chi connectivity index (χ1) is 9.90. The Morgan fingerprint density at radius 2 is 1.86 bits per heavy atom. The largest absolute Gasteiger partial charge is 0.481 e. The van der Waals surface area contributed by atoms with E-state index in [1.54, 1.807) is 0 Å². The van der Waals surface area contributed by atoms with Crippen LogP contribution in [0.25, 0.3) is 0 Å². The number of rotatable bonds is 3. The number of hydrogen-bond donors (Lipinski definition) is 1. The highest BCUT2D eigenvalue weighted by molar-refractivity contribution is 6.04. The molecule has 21 heavy (non-hydrogen) atoms. The molecule has 110 valence electrons. The molecule has 1 heterocycles. The lowest BCUT2D eigenvalue weighted by molar-refractivity contribution is -0.137. The molecule has 0 radical (unpaired) electrons. The number of anilines is 1. The van der Waals surface area contributed by atoms with E-state index >= 15 is 0 Å². The van der Waals surface area contributed by atoms with Crippen molar-refractivity contribution in [1.29, 1.82) is 0 Å². The van der Waals surface area contributed by atoms with Gasteiger partial charge in [0.05, 0.1) is 12.7 Å². The Labute approximate surface area is 118 Å². The van der Waals surface area contributed by atoms with Gasteiger partial charge in [-0.15, -0.1) is 0 Å². The average molecular weight is 296 g/mol. The molecular formula is C14H11F3N2O2. The Morgan fingerprint density at radius 3 is 2.43 bits per heavy atom. The van der Waals surface area contributed by atoms with E-state index < -0.39 is 17.6 Å². The number of carbonyl (C=O) groups excluding carboxylic acids is 1. The minimum Gasteiger partial charge on any atom is -0.481 e. The van der Waals surface area contributed by atoms with Crippen LogP contribution in [0.15, 0.2) is 42.6 Å². The van der Waals surface area contributed by atoms with E-state index in [1.165, 1.54) is 37.6 Å². The topological polar surface area (TPSA) is 51.2 Å². The summed E-state index contributed by atoms with van der Waals surface area (Å²) in [6, 6.07) is 7.10. The van der Waals surface area contributed by atoms with Gasteiger partial charge < -0.3 is 10.1 Å². The summed E-state index contributed by atoms with van der Waals surface area (Å²) in [6.07, 6.45) is -3.00. The van der Waals surface area contributed by atoms with Crippen molar-refractivity contribution >= 4 is 11.6 Å². The summed E-state index contributed by atoms with van der Waals surface area (Å²) < 4.78 is 42.2. The van der Waals surface area contributed by atoms with Gasteiger partial charge in [0.1, 0.15) is 0 Å². The standard InChI is InChI=1S/C14H11F3N2O2/c1-21-12-8-9(6-7-18-12)13(20)19-11-4-2-10(3-5-11)14(15,16)17/h2-8H,1H3,(H,19,20). The van der Waals surface area contributed by atoms with Crippen molar-refractivity contribution in [2.75, 3.05) is 12.4 Å². The summed E-state index contributed by atoms with van der Waals surface area (Å²) in [5.41, 5.74) is -0.211. The van der Waals surface area contributed by atoms with Gasteiger partial charge >= 0.3 is 6.18 Å². The van der Waals surface area contributed by atoms with E-state index in [0.29, 0.717) is 5.56 Å². The molecule has 0 spiro atoms. The van der Waals surface area contributed by atoms with Crippen LogP contribution in [0.4, 0.5) is 18.9 Å². The third kappa shape index (κ3) is 3.71. The Bertz CT molecular complexity index is 639. The van der Waals surface area contributed by atoms with E-state index in [0.717, 1.165) is 12.1 Å². The summed E-state index contributed by atoms with van der Waals surface area (Å²) in [6.45, 7) is 0. The molecular weight excluding hydrogens is 285 g/mol. The van der Waals surface area contributed by atoms with E-state index in [9.17, 15) is 18.0 Å². The quantitative estimate of drug-likeness (QED) is 0.945. The average Bonchev–Trinajstić information content (AvgIpc) is 2.47. The fourth-order valence-electron chi connectivity index (χ4n) is 1.61. The molecule has 0 bridgehead atoms. The Morgan fingerprint density at radius 1 is 1.19 bits per heavy atom. The van der Waals surface area contributed by atoms with Crippen LogP contribution in [-0.2, 0) is 6.18 Å². The normalized spacial score (nSPS) is 11.0. The fraction of sp³-hybridized carbons (Fsp3) is 0.143. The van der Waals surface area contributed by atoms with E-state index in [4.69, 9.17) is 4.74 Å². The van der Waals surface area contributed by atoms with Gasteiger partial charge in [0.15, 0.2) is 0 Å². The summed E-state index contributed by atoms with van der Waals surface area (Å²) in [5.74, 6) is -0.189. The van der Waals surface area contributed by atoms with Gasteiger partial charge in [0.2, 0.25) is 5.88 Å².